The summed E-state index contributed by atoms with van der Waals surface area (Å²) in [5.41, 5.74) is 4.93. The summed E-state index contributed by atoms with van der Waals surface area (Å²) < 4.78 is 2.04. The second kappa shape index (κ2) is 5.87. The lowest BCUT2D eigenvalue weighted by atomic mass is 10.1. The van der Waals surface area contributed by atoms with Gasteiger partial charge in [-0.3, -0.25) is 14.4 Å². The summed E-state index contributed by atoms with van der Waals surface area (Å²) >= 11 is 0. The predicted octanol–water partition coefficient (Wildman–Crippen LogP) is 3.09. The highest BCUT2D eigenvalue weighted by Crippen LogP contribution is 2.28. The highest BCUT2D eigenvalue weighted by molar-refractivity contribution is 5.85. The number of aromatic nitrogens is 4. The lowest BCUT2D eigenvalue weighted by Crippen LogP contribution is -2.20. The van der Waals surface area contributed by atoms with Crippen molar-refractivity contribution in [2.75, 3.05) is 11.9 Å². The molecule has 0 aliphatic heterocycles. The van der Waals surface area contributed by atoms with Gasteiger partial charge in [0, 0.05) is 19.4 Å². The molecule has 3 aromatic heterocycles. The lowest BCUT2D eigenvalue weighted by Gasteiger charge is -2.21. The van der Waals surface area contributed by atoms with Gasteiger partial charge in [-0.05, 0) is 30.7 Å². The van der Waals surface area contributed by atoms with Gasteiger partial charge >= 0.3 is 0 Å². The van der Waals surface area contributed by atoms with Gasteiger partial charge in [-0.15, -0.1) is 0 Å². The number of fused-ring (bicyclic) bond motifs is 3. The zero-order chi connectivity index (χ0) is 17.4. The Hall–Kier alpha value is -3.46. The smallest absolute Gasteiger partial charge is 0.157 e. The van der Waals surface area contributed by atoms with Crippen molar-refractivity contribution in [1.29, 1.82) is 5.26 Å². The SMILES string of the molecule is Cc1cc(N(C)Cc2cnccn2)n2c(nc3ccccc32)c1C#N. The average molecular weight is 328 g/mol. The van der Waals surface area contributed by atoms with Crippen molar-refractivity contribution in [3.05, 3.63) is 65.7 Å². The van der Waals surface area contributed by atoms with Crippen LogP contribution in [0.5, 0.6) is 0 Å². The zero-order valence-electron chi connectivity index (χ0n) is 14.0. The Bertz CT molecular complexity index is 1110. The highest BCUT2D eigenvalue weighted by Gasteiger charge is 2.17. The second-order valence-corrected chi connectivity index (χ2v) is 5.98. The standard InChI is InChI=1S/C19H16N6/c1-13-9-18(24(2)12-14-11-21-7-8-22-14)25-17-6-4-3-5-16(17)23-19(25)15(13)10-20/h3-9,11H,12H2,1-2H3. The van der Waals surface area contributed by atoms with Crippen molar-refractivity contribution in [3.8, 4) is 6.07 Å². The number of aryl methyl sites for hydroxylation is 1. The van der Waals surface area contributed by atoms with Crippen molar-refractivity contribution in [3.63, 3.8) is 0 Å². The van der Waals surface area contributed by atoms with Crippen molar-refractivity contribution < 1.29 is 0 Å². The molecule has 0 radical (unpaired) electrons. The number of nitriles is 1. The van der Waals surface area contributed by atoms with Crippen LogP contribution in [-0.4, -0.2) is 26.4 Å². The number of pyridine rings is 1. The molecule has 4 rings (SSSR count). The minimum absolute atomic E-state index is 0.604. The Kier molecular flexibility index (Phi) is 3.55. The van der Waals surface area contributed by atoms with E-state index in [1.807, 2.05) is 48.7 Å². The summed E-state index contributed by atoms with van der Waals surface area (Å²) in [5.74, 6) is 0.964. The van der Waals surface area contributed by atoms with Crippen LogP contribution in [0.3, 0.4) is 0 Å². The maximum atomic E-state index is 9.57. The summed E-state index contributed by atoms with van der Waals surface area (Å²) in [6, 6.07) is 12.2. The van der Waals surface area contributed by atoms with Gasteiger partial charge in [0.1, 0.15) is 11.9 Å². The molecule has 0 atom stereocenters. The number of para-hydroxylation sites is 2. The van der Waals surface area contributed by atoms with Crippen LogP contribution in [-0.2, 0) is 6.54 Å². The quantitative estimate of drug-likeness (QED) is 0.578. The van der Waals surface area contributed by atoms with Gasteiger partial charge in [0.05, 0.1) is 35.0 Å². The molecule has 0 unspecified atom stereocenters. The van der Waals surface area contributed by atoms with Gasteiger partial charge in [0.15, 0.2) is 5.65 Å². The van der Waals surface area contributed by atoms with E-state index in [1.54, 1.807) is 18.6 Å². The first-order valence-electron chi connectivity index (χ1n) is 7.96. The normalized spacial score (nSPS) is 10.9. The maximum absolute atomic E-state index is 9.57. The third-order valence-corrected chi connectivity index (χ3v) is 4.27. The first kappa shape index (κ1) is 15.1. The van der Waals surface area contributed by atoms with Crippen LogP contribution < -0.4 is 4.90 Å². The van der Waals surface area contributed by atoms with E-state index in [0.717, 1.165) is 28.1 Å². The Balaban J connectivity index is 1.95. The number of benzene rings is 1. The largest absolute Gasteiger partial charge is 0.355 e. The van der Waals surface area contributed by atoms with Gasteiger partial charge in [-0.1, -0.05) is 12.1 Å². The molecule has 0 amide bonds. The van der Waals surface area contributed by atoms with E-state index in [-0.39, 0.29) is 0 Å². The van der Waals surface area contributed by atoms with E-state index >= 15 is 0 Å². The molecular weight excluding hydrogens is 312 g/mol. The lowest BCUT2D eigenvalue weighted by molar-refractivity contribution is 0.848. The Labute approximate surface area is 145 Å². The molecule has 25 heavy (non-hydrogen) atoms. The number of rotatable bonds is 3. The van der Waals surface area contributed by atoms with Gasteiger partial charge in [0.25, 0.3) is 0 Å². The molecule has 0 aliphatic carbocycles. The van der Waals surface area contributed by atoms with Crippen LogP contribution in [0.25, 0.3) is 16.7 Å². The molecule has 6 heteroatoms. The van der Waals surface area contributed by atoms with Crippen LogP contribution in [0.15, 0.2) is 48.9 Å². The second-order valence-electron chi connectivity index (χ2n) is 5.98. The fourth-order valence-electron chi connectivity index (χ4n) is 3.09. The maximum Gasteiger partial charge on any atom is 0.157 e. The Morgan fingerprint density at radius 1 is 1.24 bits per heavy atom. The van der Waals surface area contributed by atoms with E-state index in [2.05, 4.69) is 25.9 Å². The molecule has 0 fully saturated rings. The van der Waals surface area contributed by atoms with Crippen LogP contribution in [0.1, 0.15) is 16.8 Å². The number of imidazole rings is 1. The van der Waals surface area contributed by atoms with Gasteiger partial charge in [-0.2, -0.15) is 5.26 Å². The first-order valence-corrected chi connectivity index (χ1v) is 7.96. The summed E-state index contributed by atoms with van der Waals surface area (Å²) in [4.78, 5) is 15.3. The van der Waals surface area contributed by atoms with E-state index in [1.165, 1.54) is 0 Å². The van der Waals surface area contributed by atoms with Crippen molar-refractivity contribution in [2.45, 2.75) is 13.5 Å². The van der Waals surface area contributed by atoms with Crippen molar-refractivity contribution in [2.24, 2.45) is 0 Å². The van der Waals surface area contributed by atoms with E-state index < -0.39 is 0 Å². The molecule has 0 N–H and O–H groups in total. The fourth-order valence-corrected chi connectivity index (χ4v) is 3.09. The molecule has 0 aliphatic rings. The molecule has 3 heterocycles. The number of nitrogens with zero attached hydrogens (tertiary/aromatic N) is 6. The Morgan fingerprint density at radius 3 is 2.84 bits per heavy atom. The Morgan fingerprint density at radius 2 is 2.08 bits per heavy atom. The summed E-state index contributed by atoms with van der Waals surface area (Å²) in [7, 11) is 2.00. The molecule has 4 aromatic rings. The van der Waals surface area contributed by atoms with Gasteiger partial charge in [0.2, 0.25) is 0 Å². The van der Waals surface area contributed by atoms with E-state index in [9.17, 15) is 5.26 Å². The van der Waals surface area contributed by atoms with Gasteiger partial charge in [-0.25, -0.2) is 4.98 Å². The molecule has 1 aromatic carbocycles. The molecule has 6 nitrogen and oxygen atoms in total. The zero-order valence-corrected chi connectivity index (χ0v) is 14.0. The van der Waals surface area contributed by atoms with E-state index in [0.29, 0.717) is 17.8 Å². The summed E-state index contributed by atoms with van der Waals surface area (Å²) in [5, 5.41) is 9.57. The molecule has 0 spiro atoms. The summed E-state index contributed by atoms with van der Waals surface area (Å²) in [6.07, 6.45) is 5.11. The third kappa shape index (κ3) is 2.46. The average Bonchev–Trinajstić information content (AvgIpc) is 3.01. The molecule has 0 bridgehead atoms. The van der Waals surface area contributed by atoms with Crippen LogP contribution in [0.4, 0.5) is 5.82 Å². The summed E-state index contributed by atoms with van der Waals surface area (Å²) in [6.45, 7) is 2.55. The number of hydrogen-bond acceptors (Lipinski definition) is 5. The van der Waals surface area contributed by atoms with Crippen molar-refractivity contribution in [1.82, 2.24) is 19.4 Å². The number of hydrogen-bond donors (Lipinski definition) is 0. The third-order valence-electron chi connectivity index (χ3n) is 4.27. The minimum atomic E-state index is 0.604. The predicted molar refractivity (Wildman–Crippen MR) is 96.3 cm³/mol. The minimum Gasteiger partial charge on any atom is -0.355 e. The molecule has 0 saturated carbocycles. The molecule has 122 valence electrons. The monoisotopic (exact) mass is 328 g/mol. The highest BCUT2D eigenvalue weighted by atomic mass is 15.2. The molecule has 0 saturated heterocycles. The first-order chi connectivity index (χ1) is 12.2. The fraction of sp³-hybridized carbons (Fsp3) is 0.158. The topological polar surface area (TPSA) is 70.1 Å². The number of anilines is 1. The van der Waals surface area contributed by atoms with Crippen LogP contribution in [0.2, 0.25) is 0 Å². The van der Waals surface area contributed by atoms with E-state index in [4.69, 9.17) is 0 Å². The van der Waals surface area contributed by atoms with Crippen LogP contribution in [0, 0.1) is 18.3 Å². The van der Waals surface area contributed by atoms with Gasteiger partial charge < -0.3 is 4.90 Å². The van der Waals surface area contributed by atoms with Crippen LogP contribution >= 0.6 is 0 Å². The van der Waals surface area contributed by atoms with Crippen molar-refractivity contribution >= 4 is 22.5 Å². The molecular formula is C19H16N6.